The lowest BCUT2D eigenvalue weighted by molar-refractivity contribution is -0.121. The molecule has 1 aliphatic heterocycles. The standard InChI is InChI=1S/C24H33N3O3/c1-26-14-16-27(17-15-26)23(20-7-11-22(30-3)12-8-20)18-25-24(28)13-6-19-4-9-21(29-2)10-5-19/h4-5,7-12,23H,6,13-18H2,1-3H3,(H,25,28)/t23-/m0/s1. The molecule has 1 atom stereocenters. The highest BCUT2D eigenvalue weighted by Gasteiger charge is 2.24. The number of carbonyl (C=O) groups excluding carboxylic acids is 1. The molecule has 6 heteroatoms. The third kappa shape index (κ3) is 6.21. The number of nitrogens with one attached hydrogen (secondary N) is 1. The number of methoxy groups -OCH3 is 2. The van der Waals surface area contributed by atoms with Crippen molar-refractivity contribution < 1.29 is 14.3 Å². The maximum Gasteiger partial charge on any atom is 0.220 e. The summed E-state index contributed by atoms with van der Waals surface area (Å²) >= 11 is 0. The molecule has 1 heterocycles. The molecule has 2 aromatic rings. The lowest BCUT2D eigenvalue weighted by Crippen LogP contribution is -2.48. The van der Waals surface area contributed by atoms with Crippen molar-refractivity contribution in [1.82, 2.24) is 15.1 Å². The molecular weight excluding hydrogens is 378 g/mol. The molecule has 0 aromatic heterocycles. The molecule has 0 bridgehead atoms. The SMILES string of the molecule is COc1ccc(CCC(=O)NC[C@@H](c2ccc(OC)cc2)N2CCN(C)CC2)cc1. The highest BCUT2D eigenvalue weighted by molar-refractivity contribution is 5.76. The van der Waals surface area contributed by atoms with Crippen LogP contribution in [0.3, 0.4) is 0 Å². The van der Waals surface area contributed by atoms with Crippen molar-refractivity contribution in [2.45, 2.75) is 18.9 Å². The molecule has 3 rings (SSSR count). The summed E-state index contributed by atoms with van der Waals surface area (Å²) in [5.74, 6) is 1.76. The Kier molecular flexibility index (Phi) is 8.11. The Morgan fingerprint density at radius 2 is 1.50 bits per heavy atom. The quantitative estimate of drug-likeness (QED) is 0.688. The molecule has 1 amide bonds. The summed E-state index contributed by atoms with van der Waals surface area (Å²) in [6.07, 6.45) is 1.20. The molecule has 0 unspecified atom stereocenters. The van der Waals surface area contributed by atoms with Crippen molar-refractivity contribution in [2.24, 2.45) is 0 Å². The van der Waals surface area contributed by atoms with E-state index in [1.807, 2.05) is 36.4 Å². The van der Waals surface area contributed by atoms with Gasteiger partial charge in [0.05, 0.1) is 20.3 Å². The van der Waals surface area contributed by atoms with Gasteiger partial charge in [-0.25, -0.2) is 0 Å². The van der Waals surface area contributed by atoms with Gasteiger partial charge in [0, 0.05) is 39.1 Å². The van der Waals surface area contributed by atoms with E-state index < -0.39 is 0 Å². The summed E-state index contributed by atoms with van der Waals surface area (Å²) in [7, 11) is 5.48. The molecule has 1 aliphatic rings. The second-order valence-electron chi connectivity index (χ2n) is 7.78. The first kappa shape index (κ1) is 22.1. The lowest BCUT2D eigenvalue weighted by atomic mass is 10.0. The Hall–Kier alpha value is -2.57. The summed E-state index contributed by atoms with van der Waals surface area (Å²) < 4.78 is 10.5. The number of benzene rings is 2. The van der Waals surface area contributed by atoms with Crippen LogP contribution >= 0.6 is 0 Å². The number of rotatable bonds is 9. The number of nitrogens with zero attached hydrogens (tertiary/aromatic N) is 2. The number of piperazine rings is 1. The van der Waals surface area contributed by atoms with Gasteiger partial charge < -0.3 is 19.7 Å². The number of hydrogen-bond donors (Lipinski definition) is 1. The number of aryl methyl sites for hydroxylation is 1. The maximum absolute atomic E-state index is 12.5. The van der Waals surface area contributed by atoms with Gasteiger partial charge in [0.25, 0.3) is 0 Å². The molecule has 1 fully saturated rings. The first-order valence-corrected chi connectivity index (χ1v) is 10.5. The zero-order valence-electron chi connectivity index (χ0n) is 18.3. The average Bonchev–Trinajstić information content (AvgIpc) is 2.79. The van der Waals surface area contributed by atoms with Gasteiger partial charge in [-0.05, 0) is 48.9 Å². The van der Waals surface area contributed by atoms with E-state index in [1.165, 1.54) is 5.56 Å². The van der Waals surface area contributed by atoms with Crippen LogP contribution in [0.1, 0.15) is 23.6 Å². The summed E-state index contributed by atoms with van der Waals surface area (Å²) in [5.41, 5.74) is 2.34. The molecule has 6 nitrogen and oxygen atoms in total. The Morgan fingerprint density at radius 3 is 2.07 bits per heavy atom. The molecule has 1 N–H and O–H groups in total. The number of likely N-dealkylation sites (N-methyl/N-ethyl adjacent to an activating group) is 1. The van der Waals surface area contributed by atoms with Gasteiger partial charge in [0.1, 0.15) is 11.5 Å². The minimum Gasteiger partial charge on any atom is -0.497 e. The molecule has 0 saturated carbocycles. The van der Waals surface area contributed by atoms with E-state index in [-0.39, 0.29) is 11.9 Å². The topological polar surface area (TPSA) is 54.0 Å². The Morgan fingerprint density at radius 1 is 0.933 bits per heavy atom. The van der Waals surface area contributed by atoms with Crippen molar-refractivity contribution in [3.63, 3.8) is 0 Å². The average molecular weight is 412 g/mol. The smallest absolute Gasteiger partial charge is 0.220 e. The van der Waals surface area contributed by atoms with Crippen molar-refractivity contribution in [1.29, 1.82) is 0 Å². The minimum atomic E-state index is 0.0819. The molecule has 1 saturated heterocycles. The van der Waals surface area contributed by atoms with Crippen LogP contribution in [0.25, 0.3) is 0 Å². The van der Waals surface area contributed by atoms with E-state index in [2.05, 4.69) is 34.3 Å². The molecule has 0 radical (unpaired) electrons. The van der Waals surface area contributed by atoms with Crippen LogP contribution in [0.5, 0.6) is 11.5 Å². The summed E-state index contributed by atoms with van der Waals surface area (Å²) in [4.78, 5) is 17.3. The van der Waals surface area contributed by atoms with Crippen molar-refractivity contribution in [3.05, 3.63) is 59.7 Å². The van der Waals surface area contributed by atoms with Gasteiger partial charge in [-0.3, -0.25) is 9.69 Å². The van der Waals surface area contributed by atoms with Crippen LogP contribution in [-0.2, 0) is 11.2 Å². The van der Waals surface area contributed by atoms with E-state index >= 15 is 0 Å². The minimum absolute atomic E-state index is 0.0819. The largest absolute Gasteiger partial charge is 0.497 e. The highest BCUT2D eigenvalue weighted by atomic mass is 16.5. The zero-order valence-corrected chi connectivity index (χ0v) is 18.3. The normalized spacial score (nSPS) is 16.1. The van der Waals surface area contributed by atoms with Crippen molar-refractivity contribution in [3.8, 4) is 11.5 Å². The third-order valence-corrected chi connectivity index (χ3v) is 5.77. The van der Waals surface area contributed by atoms with E-state index in [0.29, 0.717) is 13.0 Å². The number of carbonyl (C=O) groups is 1. The van der Waals surface area contributed by atoms with Gasteiger partial charge in [-0.15, -0.1) is 0 Å². The second kappa shape index (κ2) is 11.0. The van der Waals surface area contributed by atoms with Gasteiger partial charge in [-0.1, -0.05) is 24.3 Å². The summed E-state index contributed by atoms with van der Waals surface area (Å²) in [6, 6.07) is 16.2. The number of ether oxygens (including phenoxy) is 2. The second-order valence-corrected chi connectivity index (χ2v) is 7.78. The molecule has 0 spiro atoms. The summed E-state index contributed by atoms with van der Waals surface area (Å²) in [5, 5.41) is 3.16. The van der Waals surface area contributed by atoms with Crippen molar-refractivity contribution in [2.75, 3.05) is 54.0 Å². The van der Waals surface area contributed by atoms with Gasteiger partial charge in [0.15, 0.2) is 0 Å². The van der Waals surface area contributed by atoms with Gasteiger partial charge in [-0.2, -0.15) is 0 Å². The highest BCUT2D eigenvalue weighted by Crippen LogP contribution is 2.24. The fourth-order valence-corrected chi connectivity index (χ4v) is 3.77. The van der Waals surface area contributed by atoms with Crippen molar-refractivity contribution >= 4 is 5.91 Å². The Bertz CT molecular complexity index is 784. The molecule has 0 aliphatic carbocycles. The maximum atomic E-state index is 12.5. The number of amides is 1. The molecular formula is C24H33N3O3. The summed E-state index contributed by atoms with van der Waals surface area (Å²) in [6.45, 7) is 4.68. The predicted molar refractivity (Wildman–Crippen MR) is 119 cm³/mol. The monoisotopic (exact) mass is 411 g/mol. The first-order chi connectivity index (χ1) is 14.6. The van der Waals surface area contributed by atoms with Crippen LogP contribution < -0.4 is 14.8 Å². The van der Waals surface area contributed by atoms with Crippen LogP contribution in [0.15, 0.2) is 48.5 Å². The third-order valence-electron chi connectivity index (χ3n) is 5.77. The fraction of sp³-hybridized carbons (Fsp3) is 0.458. The van der Waals surface area contributed by atoms with Gasteiger partial charge in [0.2, 0.25) is 5.91 Å². The van der Waals surface area contributed by atoms with E-state index in [0.717, 1.165) is 49.7 Å². The van der Waals surface area contributed by atoms with Gasteiger partial charge >= 0.3 is 0 Å². The molecule has 2 aromatic carbocycles. The van der Waals surface area contributed by atoms with Crippen LogP contribution in [0.2, 0.25) is 0 Å². The fourth-order valence-electron chi connectivity index (χ4n) is 3.77. The van der Waals surface area contributed by atoms with Crippen LogP contribution in [-0.4, -0.2) is 69.7 Å². The first-order valence-electron chi connectivity index (χ1n) is 10.5. The molecule has 162 valence electrons. The van der Waals surface area contributed by atoms with Crippen LogP contribution in [0.4, 0.5) is 0 Å². The zero-order chi connectivity index (χ0) is 21.3. The van der Waals surface area contributed by atoms with E-state index in [1.54, 1.807) is 14.2 Å². The lowest BCUT2D eigenvalue weighted by Gasteiger charge is -2.38. The van der Waals surface area contributed by atoms with Crippen LogP contribution in [0, 0.1) is 0 Å². The van der Waals surface area contributed by atoms with E-state index in [4.69, 9.17) is 9.47 Å². The van der Waals surface area contributed by atoms with E-state index in [9.17, 15) is 4.79 Å². The molecule has 30 heavy (non-hydrogen) atoms. The Labute approximate surface area is 179 Å². The predicted octanol–water partition coefficient (Wildman–Crippen LogP) is 2.74. The number of hydrogen-bond acceptors (Lipinski definition) is 5. The Balaban J connectivity index is 1.58.